The van der Waals surface area contributed by atoms with Gasteiger partial charge in [0.25, 0.3) is 0 Å². The smallest absolute Gasteiger partial charge is 0.321 e. The molecule has 4 N–H and O–H groups in total. The molecule has 1 aliphatic rings. The van der Waals surface area contributed by atoms with Gasteiger partial charge in [0.05, 0.1) is 6.54 Å². The van der Waals surface area contributed by atoms with Crippen LogP contribution in [-0.4, -0.2) is 49.6 Å². The summed E-state index contributed by atoms with van der Waals surface area (Å²) < 4.78 is 0. The Morgan fingerprint density at radius 3 is 2.61 bits per heavy atom. The predicted molar refractivity (Wildman–Crippen MR) is 72.7 cm³/mol. The Morgan fingerprint density at radius 2 is 2.11 bits per heavy atom. The fourth-order valence-electron chi connectivity index (χ4n) is 2.00. The van der Waals surface area contributed by atoms with Crippen LogP contribution in [0, 0.1) is 5.41 Å². The van der Waals surface area contributed by atoms with Crippen molar-refractivity contribution in [1.82, 2.24) is 15.5 Å². The molecule has 1 saturated heterocycles. The molecular weight excluding hydrogens is 256 g/mol. The molecule has 0 saturated carbocycles. The number of carbonyl (C=O) groups is 2. The topological polar surface area (TPSA) is 87.5 Å². The molecule has 3 amide bonds. The van der Waals surface area contributed by atoms with Gasteiger partial charge in [-0.05, 0) is 31.8 Å². The van der Waals surface area contributed by atoms with Gasteiger partial charge in [-0.1, -0.05) is 6.92 Å². The van der Waals surface area contributed by atoms with Gasteiger partial charge < -0.3 is 11.1 Å². The highest BCUT2D eigenvalue weighted by Crippen LogP contribution is 2.27. The zero-order chi connectivity index (χ0) is 12.9. The SMILES string of the molecule is CCNC(=O)NC(=O)CN1CCC(C)(CN)C1.Cl. The maximum absolute atomic E-state index is 11.5. The number of nitrogens with zero attached hydrogens (tertiary/aromatic N) is 1. The third kappa shape index (κ3) is 5.20. The number of likely N-dealkylation sites (tertiary alicyclic amines) is 1. The summed E-state index contributed by atoms with van der Waals surface area (Å²) in [4.78, 5) is 24.7. The molecule has 7 heteroatoms. The van der Waals surface area contributed by atoms with Crippen molar-refractivity contribution in [3.05, 3.63) is 0 Å². The fraction of sp³-hybridized carbons (Fsp3) is 0.818. The van der Waals surface area contributed by atoms with Crippen LogP contribution in [0.2, 0.25) is 0 Å². The van der Waals surface area contributed by atoms with Crippen LogP contribution in [0.1, 0.15) is 20.3 Å². The maximum Gasteiger partial charge on any atom is 0.321 e. The molecule has 1 fully saturated rings. The molecule has 0 aromatic carbocycles. The van der Waals surface area contributed by atoms with Crippen LogP contribution in [0.15, 0.2) is 0 Å². The molecule has 0 bridgehead atoms. The maximum atomic E-state index is 11.5. The van der Waals surface area contributed by atoms with Crippen LogP contribution in [0.3, 0.4) is 0 Å². The number of nitrogens with one attached hydrogen (secondary N) is 2. The minimum atomic E-state index is -0.432. The first kappa shape index (κ1) is 17.2. The van der Waals surface area contributed by atoms with Crippen molar-refractivity contribution in [1.29, 1.82) is 0 Å². The second kappa shape index (κ2) is 7.56. The first-order chi connectivity index (χ1) is 7.99. The predicted octanol–water partition coefficient (Wildman–Crippen LogP) is -0.0754. The summed E-state index contributed by atoms with van der Waals surface area (Å²) in [6.45, 7) is 6.98. The van der Waals surface area contributed by atoms with E-state index in [0.717, 1.165) is 19.5 Å². The number of hydrogen-bond acceptors (Lipinski definition) is 4. The minimum Gasteiger partial charge on any atom is -0.338 e. The van der Waals surface area contributed by atoms with E-state index < -0.39 is 6.03 Å². The molecule has 0 radical (unpaired) electrons. The summed E-state index contributed by atoms with van der Waals surface area (Å²) in [5.74, 6) is -0.266. The summed E-state index contributed by atoms with van der Waals surface area (Å²) >= 11 is 0. The summed E-state index contributed by atoms with van der Waals surface area (Å²) in [5, 5.41) is 4.81. The molecule has 1 rings (SSSR count). The van der Waals surface area contributed by atoms with E-state index in [2.05, 4.69) is 17.6 Å². The van der Waals surface area contributed by atoms with E-state index in [9.17, 15) is 9.59 Å². The lowest BCUT2D eigenvalue weighted by Gasteiger charge is -2.22. The summed E-state index contributed by atoms with van der Waals surface area (Å²) in [6.07, 6.45) is 0.998. The van der Waals surface area contributed by atoms with Crippen LogP contribution >= 0.6 is 12.4 Å². The second-order valence-electron chi connectivity index (χ2n) is 4.88. The lowest BCUT2D eigenvalue weighted by atomic mass is 9.90. The zero-order valence-electron chi connectivity index (χ0n) is 11.0. The molecule has 6 nitrogen and oxygen atoms in total. The molecule has 0 spiro atoms. The zero-order valence-corrected chi connectivity index (χ0v) is 11.8. The van der Waals surface area contributed by atoms with Crippen LogP contribution in [0.25, 0.3) is 0 Å². The van der Waals surface area contributed by atoms with E-state index in [0.29, 0.717) is 13.1 Å². The molecule has 1 unspecified atom stereocenters. The number of nitrogens with two attached hydrogens (primary N) is 1. The normalized spacial score (nSPS) is 23.3. The molecule has 1 aliphatic heterocycles. The van der Waals surface area contributed by atoms with Crippen molar-refractivity contribution in [2.24, 2.45) is 11.1 Å². The van der Waals surface area contributed by atoms with Crippen molar-refractivity contribution >= 4 is 24.3 Å². The second-order valence-corrected chi connectivity index (χ2v) is 4.88. The molecular formula is C11H23ClN4O2. The molecule has 0 aliphatic carbocycles. The van der Waals surface area contributed by atoms with Crippen LogP contribution in [0.4, 0.5) is 4.79 Å². The van der Waals surface area contributed by atoms with E-state index in [-0.39, 0.29) is 30.3 Å². The van der Waals surface area contributed by atoms with Crippen LogP contribution in [-0.2, 0) is 4.79 Å². The summed E-state index contributed by atoms with van der Waals surface area (Å²) in [6, 6.07) is -0.432. The van der Waals surface area contributed by atoms with E-state index in [1.165, 1.54) is 0 Å². The number of hydrogen-bond donors (Lipinski definition) is 3. The molecule has 0 aromatic heterocycles. The van der Waals surface area contributed by atoms with Crippen molar-refractivity contribution in [3.63, 3.8) is 0 Å². The molecule has 0 aromatic rings. The van der Waals surface area contributed by atoms with Crippen LogP contribution in [0.5, 0.6) is 0 Å². The summed E-state index contributed by atoms with van der Waals surface area (Å²) in [7, 11) is 0. The van der Waals surface area contributed by atoms with Crippen molar-refractivity contribution < 1.29 is 9.59 Å². The number of rotatable bonds is 4. The van der Waals surface area contributed by atoms with Crippen molar-refractivity contribution in [2.75, 3.05) is 32.7 Å². The van der Waals surface area contributed by atoms with Gasteiger partial charge >= 0.3 is 6.03 Å². The molecule has 1 atom stereocenters. The third-order valence-corrected chi connectivity index (χ3v) is 3.09. The van der Waals surface area contributed by atoms with Crippen LogP contribution < -0.4 is 16.4 Å². The number of urea groups is 1. The van der Waals surface area contributed by atoms with Gasteiger partial charge in [-0.25, -0.2) is 4.79 Å². The van der Waals surface area contributed by atoms with Crippen molar-refractivity contribution in [3.8, 4) is 0 Å². The Labute approximate surface area is 114 Å². The first-order valence-corrected chi connectivity index (χ1v) is 5.99. The van der Waals surface area contributed by atoms with E-state index >= 15 is 0 Å². The minimum absolute atomic E-state index is 0. The average molecular weight is 279 g/mol. The Morgan fingerprint density at radius 1 is 1.44 bits per heavy atom. The molecule has 1 heterocycles. The average Bonchev–Trinajstić information content (AvgIpc) is 2.61. The Balaban J connectivity index is 0.00000289. The van der Waals surface area contributed by atoms with E-state index in [1.54, 1.807) is 6.92 Å². The van der Waals surface area contributed by atoms with Gasteiger partial charge in [0.1, 0.15) is 0 Å². The highest BCUT2D eigenvalue weighted by atomic mass is 35.5. The van der Waals surface area contributed by atoms with Gasteiger partial charge in [-0.15, -0.1) is 12.4 Å². The van der Waals surface area contributed by atoms with E-state index in [1.807, 2.05) is 4.90 Å². The largest absolute Gasteiger partial charge is 0.338 e. The van der Waals surface area contributed by atoms with Gasteiger partial charge in [0.15, 0.2) is 0 Å². The number of amides is 3. The standard InChI is InChI=1S/C11H22N4O2.ClH/c1-3-13-10(17)14-9(16)6-15-5-4-11(2,7-12)8-15;/h3-8,12H2,1-2H3,(H2,13,14,16,17);1H. The Kier molecular flexibility index (Phi) is 7.20. The first-order valence-electron chi connectivity index (χ1n) is 5.99. The number of halogens is 1. The van der Waals surface area contributed by atoms with Gasteiger partial charge in [-0.2, -0.15) is 0 Å². The van der Waals surface area contributed by atoms with Crippen molar-refractivity contribution in [2.45, 2.75) is 20.3 Å². The molecule has 106 valence electrons. The molecule has 18 heavy (non-hydrogen) atoms. The quantitative estimate of drug-likeness (QED) is 0.671. The highest BCUT2D eigenvalue weighted by Gasteiger charge is 2.33. The Hall–Kier alpha value is -0.850. The van der Waals surface area contributed by atoms with Gasteiger partial charge in [-0.3, -0.25) is 15.0 Å². The summed E-state index contributed by atoms with van der Waals surface area (Å²) in [5.41, 5.74) is 5.79. The lowest BCUT2D eigenvalue weighted by Crippen LogP contribution is -2.44. The van der Waals surface area contributed by atoms with Gasteiger partial charge in [0.2, 0.25) is 5.91 Å². The lowest BCUT2D eigenvalue weighted by molar-refractivity contribution is -0.121. The Bertz CT molecular complexity index is 301. The highest BCUT2D eigenvalue weighted by molar-refractivity contribution is 5.95. The third-order valence-electron chi connectivity index (χ3n) is 3.09. The fourth-order valence-corrected chi connectivity index (χ4v) is 2.00. The number of carbonyl (C=O) groups excluding carboxylic acids is 2. The van der Waals surface area contributed by atoms with E-state index in [4.69, 9.17) is 5.73 Å². The van der Waals surface area contributed by atoms with Gasteiger partial charge in [0, 0.05) is 13.1 Å². The number of imide groups is 1. The monoisotopic (exact) mass is 278 g/mol.